The number of carbonyl (C=O) groups is 1. The van der Waals surface area contributed by atoms with Crippen molar-refractivity contribution in [2.24, 2.45) is 5.92 Å². The van der Waals surface area contributed by atoms with E-state index < -0.39 is 5.97 Å². The van der Waals surface area contributed by atoms with Crippen LogP contribution in [-0.4, -0.2) is 16.6 Å². The third-order valence-corrected chi connectivity index (χ3v) is 3.53. The molecule has 0 bridgehead atoms. The third kappa shape index (κ3) is 2.25. The van der Waals surface area contributed by atoms with Crippen molar-refractivity contribution in [3.63, 3.8) is 0 Å². The maximum absolute atomic E-state index is 10.8. The van der Waals surface area contributed by atoms with Crippen LogP contribution >= 0.6 is 0 Å². The first-order chi connectivity index (χ1) is 7.51. The van der Waals surface area contributed by atoms with Crippen molar-refractivity contribution < 1.29 is 9.90 Å². The molecule has 0 heterocycles. The average Bonchev–Trinajstić information content (AvgIpc) is 2.85. The summed E-state index contributed by atoms with van der Waals surface area (Å²) in [5, 5.41) is 12.3. The van der Waals surface area contributed by atoms with Crippen LogP contribution in [-0.2, 0) is 6.54 Å². The lowest BCUT2D eigenvalue weighted by Crippen LogP contribution is -2.29. The van der Waals surface area contributed by atoms with Crippen LogP contribution in [0.5, 0.6) is 0 Å². The van der Waals surface area contributed by atoms with Crippen molar-refractivity contribution in [1.29, 1.82) is 0 Å². The zero-order valence-corrected chi connectivity index (χ0v) is 9.66. The molecule has 16 heavy (non-hydrogen) atoms. The maximum atomic E-state index is 10.8. The summed E-state index contributed by atoms with van der Waals surface area (Å²) in [4.78, 5) is 10.8. The minimum absolute atomic E-state index is 0.249. The number of benzene rings is 1. The van der Waals surface area contributed by atoms with E-state index in [9.17, 15) is 4.79 Å². The molecule has 1 aromatic rings. The topological polar surface area (TPSA) is 49.3 Å². The molecule has 1 saturated carbocycles. The van der Waals surface area contributed by atoms with Crippen molar-refractivity contribution >= 4 is 5.97 Å². The largest absolute Gasteiger partial charge is 0.478 e. The fourth-order valence-corrected chi connectivity index (χ4v) is 1.94. The molecule has 0 aliphatic heterocycles. The number of hydrogen-bond donors (Lipinski definition) is 2. The van der Waals surface area contributed by atoms with Crippen molar-refractivity contribution in [2.45, 2.75) is 32.4 Å². The second-order valence-electron chi connectivity index (χ2n) is 4.88. The van der Waals surface area contributed by atoms with Gasteiger partial charge in [0.2, 0.25) is 0 Å². The number of rotatable bonds is 4. The molecule has 0 spiro atoms. The lowest BCUT2D eigenvalue weighted by Gasteiger charge is -2.13. The Labute approximate surface area is 95.5 Å². The Morgan fingerprint density at radius 3 is 2.88 bits per heavy atom. The molecule has 2 atom stereocenters. The summed E-state index contributed by atoms with van der Waals surface area (Å²) in [7, 11) is 0. The Morgan fingerprint density at radius 1 is 1.62 bits per heavy atom. The second kappa shape index (κ2) is 3.91. The zero-order valence-electron chi connectivity index (χ0n) is 9.66. The van der Waals surface area contributed by atoms with Crippen LogP contribution in [0, 0.1) is 5.92 Å². The molecule has 86 valence electrons. The molecule has 0 aromatic heterocycles. The second-order valence-corrected chi connectivity index (χ2v) is 4.88. The van der Waals surface area contributed by atoms with E-state index in [0.717, 1.165) is 18.0 Å². The lowest BCUT2D eigenvalue weighted by atomic mass is 10.1. The first-order valence-corrected chi connectivity index (χ1v) is 5.58. The smallest absolute Gasteiger partial charge is 0.335 e. The Bertz CT molecular complexity index is 416. The van der Waals surface area contributed by atoms with E-state index >= 15 is 0 Å². The van der Waals surface area contributed by atoms with E-state index in [-0.39, 0.29) is 5.54 Å². The number of carboxylic acid groups (broad SMARTS) is 1. The highest BCUT2D eigenvalue weighted by molar-refractivity contribution is 5.87. The van der Waals surface area contributed by atoms with E-state index in [1.165, 1.54) is 6.42 Å². The van der Waals surface area contributed by atoms with Crippen molar-refractivity contribution in [2.75, 3.05) is 0 Å². The first-order valence-electron chi connectivity index (χ1n) is 5.58. The average molecular weight is 219 g/mol. The van der Waals surface area contributed by atoms with Gasteiger partial charge in [-0.3, -0.25) is 0 Å². The third-order valence-electron chi connectivity index (χ3n) is 3.53. The Kier molecular flexibility index (Phi) is 2.72. The lowest BCUT2D eigenvalue weighted by molar-refractivity contribution is 0.0697. The summed E-state index contributed by atoms with van der Waals surface area (Å²) in [6.45, 7) is 5.17. The van der Waals surface area contributed by atoms with Crippen LogP contribution in [0.15, 0.2) is 24.3 Å². The summed E-state index contributed by atoms with van der Waals surface area (Å²) in [6, 6.07) is 7.09. The van der Waals surface area contributed by atoms with Gasteiger partial charge in [0, 0.05) is 12.1 Å². The van der Waals surface area contributed by atoms with Gasteiger partial charge in [-0.15, -0.1) is 0 Å². The number of nitrogens with one attached hydrogen (secondary N) is 1. The van der Waals surface area contributed by atoms with Gasteiger partial charge in [-0.2, -0.15) is 0 Å². The van der Waals surface area contributed by atoms with Gasteiger partial charge < -0.3 is 10.4 Å². The van der Waals surface area contributed by atoms with Crippen LogP contribution in [0.1, 0.15) is 36.2 Å². The van der Waals surface area contributed by atoms with Gasteiger partial charge in [-0.1, -0.05) is 19.1 Å². The van der Waals surface area contributed by atoms with Gasteiger partial charge in [-0.05, 0) is 37.0 Å². The molecule has 2 rings (SSSR count). The Balaban J connectivity index is 1.99. The molecule has 0 amide bonds. The van der Waals surface area contributed by atoms with Crippen LogP contribution in [0.4, 0.5) is 0 Å². The predicted molar refractivity (Wildman–Crippen MR) is 62.4 cm³/mol. The molecular weight excluding hydrogens is 202 g/mol. The molecule has 1 aromatic carbocycles. The molecular formula is C13H17NO2. The molecule has 3 heteroatoms. The monoisotopic (exact) mass is 219 g/mol. The Morgan fingerprint density at radius 2 is 2.31 bits per heavy atom. The van der Waals surface area contributed by atoms with Gasteiger partial charge in [0.25, 0.3) is 0 Å². The standard InChI is InChI=1S/C13H17NO2/c1-9-7-13(9,2)14-8-10-4-3-5-11(6-10)12(15)16/h3-6,9,14H,7-8H2,1-2H3,(H,15,16). The van der Waals surface area contributed by atoms with Crippen LogP contribution in [0.25, 0.3) is 0 Å². The summed E-state index contributed by atoms with van der Waals surface area (Å²) < 4.78 is 0. The highest BCUT2D eigenvalue weighted by atomic mass is 16.4. The van der Waals surface area contributed by atoms with Gasteiger partial charge >= 0.3 is 5.97 Å². The van der Waals surface area contributed by atoms with Gasteiger partial charge in [0.15, 0.2) is 0 Å². The van der Waals surface area contributed by atoms with Crippen molar-refractivity contribution in [1.82, 2.24) is 5.32 Å². The molecule has 0 saturated heterocycles. The fourth-order valence-electron chi connectivity index (χ4n) is 1.94. The molecule has 2 N–H and O–H groups in total. The van der Waals surface area contributed by atoms with Gasteiger partial charge in [0.05, 0.1) is 5.56 Å². The molecule has 1 aliphatic rings. The highest BCUT2D eigenvalue weighted by Gasteiger charge is 2.45. The van der Waals surface area contributed by atoms with Crippen molar-refractivity contribution in [3.05, 3.63) is 35.4 Å². The summed E-state index contributed by atoms with van der Waals surface area (Å²) >= 11 is 0. The molecule has 1 fully saturated rings. The van der Waals surface area contributed by atoms with Crippen LogP contribution in [0.2, 0.25) is 0 Å². The SMILES string of the molecule is CC1CC1(C)NCc1cccc(C(=O)O)c1. The normalized spacial score (nSPS) is 27.8. The van der Waals surface area contributed by atoms with E-state index in [4.69, 9.17) is 5.11 Å². The maximum Gasteiger partial charge on any atom is 0.335 e. The summed E-state index contributed by atoms with van der Waals surface area (Å²) in [6.07, 6.45) is 1.20. The van der Waals surface area contributed by atoms with Gasteiger partial charge in [0.1, 0.15) is 0 Å². The quantitative estimate of drug-likeness (QED) is 0.816. The summed E-state index contributed by atoms with van der Waals surface area (Å²) in [5.74, 6) is -0.150. The summed E-state index contributed by atoms with van der Waals surface area (Å²) in [5.41, 5.74) is 1.63. The van der Waals surface area contributed by atoms with Gasteiger partial charge in [-0.25, -0.2) is 4.79 Å². The Hall–Kier alpha value is -1.35. The fraction of sp³-hybridized carbons (Fsp3) is 0.462. The number of carboxylic acids is 1. The van der Waals surface area contributed by atoms with Crippen LogP contribution < -0.4 is 5.32 Å². The van der Waals surface area contributed by atoms with E-state index in [1.807, 2.05) is 6.07 Å². The molecule has 3 nitrogen and oxygen atoms in total. The zero-order chi connectivity index (χ0) is 11.8. The van der Waals surface area contributed by atoms with E-state index in [1.54, 1.807) is 18.2 Å². The predicted octanol–water partition coefficient (Wildman–Crippen LogP) is 2.27. The highest BCUT2D eigenvalue weighted by Crippen LogP contribution is 2.42. The first kappa shape index (κ1) is 11.1. The molecule has 1 aliphatic carbocycles. The minimum Gasteiger partial charge on any atom is -0.478 e. The van der Waals surface area contributed by atoms with Crippen molar-refractivity contribution in [3.8, 4) is 0 Å². The van der Waals surface area contributed by atoms with Crippen LogP contribution in [0.3, 0.4) is 0 Å². The minimum atomic E-state index is -0.868. The van der Waals surface area contributed by atoms with E-state index in [2.05, 4.69) is 19.2 Å². The number of hydrogen-bond acceptors (Lipinski definition) is 2. The number of aromatic carboxylic acids is 1. The van der Waals surface area contributed by atoms with E-state index in [0.29, 0.717) is 5.56 Å². The molecule has 0 radical (unpaired) electrons. The molecule has 2 unspecified atom stereocenters.